The molecule has 0 amide bonds. The van der Waals surface area contributed by atoms with Crippen LogP contribution in [0.25, 0.3) is 0 Å². The highest BCUT2D eigenvalue weighted by molar-refractivity contribution is 9.10. The summed E-state index contributed by atoms with van der Waals surface area (Å²) in [6.45, 7) is 1.72. The second-order valence-electron chi connectivity index (χ2n) is 4.02. The monoisotopic (exact) mass is 286 g/mol. The maximum Gasteiger partial charge on any atom is 0.0507 e. The first-order chi connectivity index (χ1) is 7.25. The van der Waals surface area contributed by atoms with E-state index in [1.165, 1.54) is 5.56 Å². The molecule has 0 aromatic heterocycles. The minimum absolute atomic E-state index is 0.488. The summed E-state index contributed by atoms with van der Waals surface area (Å²) in [7, 11) is 0. The molecule has 1 aliphatic rings. The van der Waals surface area contributed by atoms with E-state index in [2.05, 4.69) is 52.8 Å². The zero-order valence-electron chi connectivity index (χ0n) is 8.53. The van der Waals surface area contributed by atoms with Gasteiger partial charge in [0.2, 0.25) is 0 Å². The largest absolute Gasteiger partial charge is 0.381 e. The fraction of sp³-hybridized carbons (Fsp3) is 0.500. The van der Waals surface area contributed by atoms with Crippen molar-refractivity contribution < 1.29 is 4.74 Å². The molecule has 82 valence electrons. The van der Waals surface area contributed by atoms with Crippen LogP contribution >= 0.6 is 28.6 Å². The highest BCUT2D eigenvalue weighted by atomic mass is 79.9. The van der Waals surface area contributed by atoms with E-state index in [-0.39, 0.29) is 0 Å². The standard InChI is InChI=1S/C12H15BrOS/c13-11-3-1-9(2-4-11)7-10-8-14-6-5-12(10)15/h1-4,10,12,15H,5-8H2/t10-,12+/m1/s1. The molecule has 1 saturated heterocycles. The number of benzene rings is 1. The van der Waals surface area contributed by atoms with Gasteiger partial charge in [-0.05, 0) is 36.5 Å². The summed E-state index contributed by atoms with van der Waals surface area (Å²) in [6, 6.07) is 8.51. The van der Waals surface area contributed by atoms with E-state index >= 15 is 0 Å². The van der Waals surface area contributed by atoms with Crippen LogP contribution in [0, 0.1) is 5.92 Å². The first-order valence-corrected chi connectivity index (χ1v) is 6.57. The zero-order chi connectivity index (χ0) is 10.7. The Morgan fingerprint density at radius 2 is 2.07 bits per heavy atom. The van der Waals surface area contributed by atoms with Crippen LogP contribution in [0.1, 0.15) is 12.0 Å². The maximum absolute atomic E-state index is 5.49. The molecule has 0 bridgehead atoms. The highest BCUT2D eigenvalue weighted by Crippen LogP contribution is 2.24. The van der Waals surface area contributed by atoms with E-state index in [4.69, 9.17) is 4.74 Å². The lowest BCUT2D eigenvalue weighted by Crippen LogP contribution is -2.29. The first-order valence-electron chi connectivity index (χ1n) is 5.26. The third-order valence-electron chi connectivity index (χ3n) is 2.85. The van der Waals surface area contributed by atoms with Crippen molar-refractivity contribution in [1.29, 1.82) is 0 Å². The zero-order valence-corrected chi connectivity index (χ0v) is 11.0. The van der Waals surface area contributed by atoms with E-state index in [0.29, 0.717) is 11.2 Å². The Bertz CT molecular complexity index is 312. The van der Waals surface area contributed by atoms with Crippen LogP contribution in [0.2, 0.25) is 0 Å². The average molecular weight is 287 g/mol. The summed E-state index contributed by atoms with van der Waals surface area (Å²) in [5.41, 5.74) is 1.37. The summed E-state index contributed by atoms with van der Waals surface area (Å²) < 4.78 is 6.62. The van der Waals surface area contributed by atoms with Gasteiger partial charge in [0.25, 0.3) is 0 Å². The lowest BCUT2D eigenvalue weighted by Gasteiger charge is -2.28. The van der Waals surface area contributed by atoms with E-state index in [1.54, 1.807) is 0 Å². The van der Waals surface area contributed by atoms with Crippen LogP contribution in [0.4, 0.5) is 0 Å². The summed E-state index contributed by atoms with van der Waals surface area (Å²) in [6.07, 6.45) is 2.14. The van der Waals surface area contributed by atoms with Crippen LogP contribution in [0.15, 0.2) is 28.7 Å². The number of thiol groups is 1. The molecular formula is C12H15BrOS. The molecule has 0 saturated carbocycles. The second-order valence-corrected chi connectivity index (χ2v) is 5.60. The van der Waals surface area contributed by atoms with E-state index in [9.17, 15) is 0 Å². The third-order valence-corrected chi connectivity index (χ3v) is 4.05. The Balaban J connectivity index is 1.98. The topological polar surface area (TPSA) is 9.23 Å². The molecule has 0 aliphatic carbocycles. The van der Waals surface area contributed by atoms with Gasteiger partial charge in [0.05, 0.1) is 6.61 Å². The molecule has 0 N–H and O–H groups in total. The van der Waals surface area contributed by atoms with Gasteiger partial charge in [0.1, 0.15) is 0 Å². The Hall–Kier alpha value is 0.01000. The molecule has 3 heteroatoms. The van der Waals surface area contributed by atoms with E-state index in [1.807, 2.05) is 0 Å². The van der Waals surface area contributed by atoms with Gasteiger partial charge < -0.3 is 4.74 Å². The highest BCUT2D eigenvalue weighted by Gasteiger charge is 2.22. The van der Waals surface area contributed by atoms with Gasteiger partial charge in [-0.15, -0.1) is 0 Å². The number of ether oxygens (including phenoxy) is 1. The number of hydrogen-bond donors (Lipinski definition) is 1. The van der Waals surface area contributed by atoms with Crippen molar-refractivity contribution in [3.8, 4) is 0 Å². The van der Waals surface area contributed by atoms with Crippen molar-refractivity contribution in [3.05, 3.63) is 34.3 Å². The molecule has 0 spiro atoms. The fourth-order valence-electron chi connectivity index (χ4n) is 1.90. The third kappa shape index (κ3) is 3.23. The lowest BCUT2D eigenvalue weighted by atomic mass is 9.94. The quantitative estimate of drug-likeness (QED) is 0.821. The van der Waals surface area contributed by atoms with Gasteiger partial charge in [0, 0.05) is 16.3 Å². The average Bonchev–Trinajstić information content (AvgIpc) is 2.25. The second kappa shape index (κ2) is 5.37. The molecule has 1 aliphatic heterocycles. The predicted molar refractivity (Wildman–Crippen MR) is 69.5 cm³/mol. The minimum atomic E-state index is 0.488. The molecule has 1 aromatic carbocycles. The fourth-order valence-corrected chi connectivity index (χ4v) is 2.46. The van der Waals surface area contributed by atoms with Crippen molar-refractivity contribution >= 4 is 28.6 Å². The molecule has 1 heterocycles. The Kier molecular flexibility index (Phi) is 4.12. The Labute approximate surface area is 105 Å². The summed E-state index contributed by atoms with van der Waals surface area (Å²) in [5.74, 6) is 0.559. The van der Waals surface area contributed by atoms with Crippen LogP contribution in [-0.4, -0.2) is 18.5 Å². The van der Waals surface area contributed by atoms with Crippen LogP contribution in [0.5, 0.6) is 0 Å². The summed E-state index contributed by atoms with van der Waals surface area (Å²) in [5, 5.41) is 0.488. The SMILES string of the molecule is S[C@H]1CCOC[C@H]1Cc1ccc(Br)cc1. The molecule has 1 aromatic rings. The Morgan fingerprint density at radius 1 is 1.33 bits per heavy atom. The van der Waals surface area contributed by atoms with Crippen molar-refractivity contribution in [2.45, 2.75) is 18.1 Å². The summed E-state index contributed by atoms with van der Waals surface area (Å²) in [4.78, 5) is 0. The van der Waals surface area contributed by atoms with Crippen molar-refractivity contribution in [2.75, 3.05) is 13.2 Å². The molecule has 15 heavy (non-hydrogen) atoms. The predicted octanol–water partition coefficient (Wildman–Crippen LogP) is 3.33. The Morgan fingerprint density at radius 3 is 2.73 bits per heavy atom. The molecule has 2 atom stereocenters. The van der Waals surface area contributed by atoms with E-state index in [0.717, 1.165) is 30.5 Å². The molecule has 0 unspecified atom stereocenters. The van der Waals surface area contributed by atoms with Crippen LogP contribution in [-0.2, 0) is 11.2 Å². The van der Waals surface area contributed by atoms with Gasteiger partial charge in [-0.1, -0.05) is 28.1 Å². The molecule has 0 radical (unpaired) electrons. The van der Waals surface area contributed by atoms with E-state index < -0.39 is 0 Å². The van der Waals surface area contributed by atoms with Gasteiger partial charge in [0.15, 0.2) is 0 Å². The normalized spacial score (nSPS) is 26.5. The number of hydrogen-bond acceptors (Lipinski definition) is 2. The van der Waals surface area contributed by atoms with Crippen molar-refractivity contribution in [1.82, 2.24) is 0 Å². The van der Waals surface area contributed by atoms with Gasteiger partial charge in [-0.3, -0.25) is 0 Å². The number of halogens is 1. The molecule has 1 nitrogen and oxygen atoms in total. The van der Waals surface area contributed by atoms with Crippen molar-refractivity contribution in [2.24, 2.45) is 5.92 Å². The van der Waals surface area contributed by atoms with Crippen molar-refractivity contribution in [3.63, 3.8) is 0 Å². The van der Waals surface area contributed by atoms with Gasteiger partial charge >= 0.3 is 0 Å². The minimum Gasteiger partial charge on any atom is -0.381 e. The van der Waals surface area contributed by atoms with Crippen LogP contribution < -0.4 is 0 Å². The molecular weight excluding hydrogens is 272 g/mol. The first kappa shape index (κ1) is 11.5. The van der Waals surface area contributed by atoms with Gasteiger partial charge in [-0.2, -0.15) is 12.6 Å². The number of rotatable bonds is 2. The maximum atomic E-state index is 5.49. The molecule has 1 fully saturated rings. The smallest absolute Gasteiger partial charge is 0.0507 e. The van der Waals surface area contributed by atoms with Gasteiger partial charge in [-0.25, -0.2) is 0 Å². The lowest BCUT2D eigenvalue weighted by molar-refractivity contribution is 0.0596. The van der Waals surface area contributed by atoms with Crippen LogP contribution in [0.3, 0.4) is 0 Å². The summed E-state index contributed by atoms with van der Waals surface area (Å²) >= 11 is 8.06. The molecule has 2 rings (SSSR count).